The summed E-state index contributed by atoms with van der Waals surface area (Å²) >= 11 is 0. The van der Waals surface area contributed by atoms with Crippen molar-refractivity contribution in [2.75, 3.05) is 19.8 Å². The molecular formula is C10H20N2O3. The Kier molecular flexibility index (Phi) is 6.11. The summed E-state index contributed by atoms with van der Waals surface area (Å²) in [5.74, 6) is 0.293. The van der Waals surface area contributed by atoms with Crippen LogP contribution in [0.3, 0.4) is 0 Å². The van der Waals surface area contributed by atoms with Gasteiger partial charge in [-0.25, -0.2) is 0 Å². The van der Waals surface area contributed by atoms with E-state index in [0.717, 1.165) is 45.5 Å². The van der Waals surface area contributed by atoms with E-state index in [1.165, 1.54) is 0 Å². The molecule has 0 aliphatic carbocycles. The number of oxime groups is 1. The fourth-order valence-electron chi connectivity index (χ4n) is 1.55. The predicted molar refractivity (Wildman–Crippen MR) is 57.1 cm³/mol. The molecule has 5 nitrogen and oxygen atoms in total. The van der Waals surface area contributed by atoms with Crippen molar-refractivity contribution in [3.05, 3.63) is 0 Å². The summed E-state index contributed by atoms with van der Waals surface area (Å²) in [7, 11) is 0. The summed E-state index contributed by atoms with van der Waals surface area (Å²) in [6, 6.07) is 0. The monoisotopic (exact) mass is 216 g/mol. The van der Waals surface area contributed by atoms with Crippen molar-refractivity contribution < 1.29 is 14.7 Å². The number of hydrogen-bond donors (Lipinski definition) is 2. The minimum Gasteiger partial charge on any atom is -0.409 e. The molecule has 0 amide bonds. The number of amidine groups is 1. The average Bonchev–Trinajstić information content (AvgIpc) is 2.29. The lowest BCUT2D eigenvalue weighted by atomic mass is 10.1. The van der Waals surface area contributed by atoms with Crippen molar-refractivity contribution >= 4 is 5.84 Å². The number of ether oxygens (including phenoxy) is 2. The van der Waals surface area contributed by atoms with Gasteiger partial charge in [-0.3, -0.25) is 0 Å². The largest absolute Gasteiger partial charge is 0.409 e. The first-order valence-electron chi connectivity index (χ1n) is 5.48. The van der Waals surface area contributed by atoms with Gasteiger partial charge in [0.1, 0.15) is 5.84 Å². The summed E-state index contributed by atoms with van der Waals surface area (Å²) in [5.41, 5.74) is 5.34. The van der Waals surface area contributed by atoms with E-state index < -0.39 is 0 Å². The van der Waals surface area contributed by atoms with Crippen molar-refractivity contribution in [1.82, 2.24) is 0 Å². The molecule has 0 unspecified atom stereocenters. The van der Waals surface area contributed by atoms with Gasteiger partial charge >= 0.3 is 0 Å². The highest BCUT2D eigenvalue weighted by Gasteiger charge is 2.13. The van der Waals surface area contributed by atoms with E-state index in [1.807, 2.05) is 0 Å². The van der Waals surface area contributed by atoms with E-state index in [9.17, 15) is 0 Å². The second kappa shape index (κ2) is 7.48. The van der Waals surface area contributed by atoms with E-state index in [1.54, 1.807) is 0 Å². The van der Waals surface area contributed by atoms with Gasteiger partial charge < -0.3 is 20.4 Å². The molecule has 0 spiro atoms. The number of hydrogen-bond acceptors (Lipinski definition) is 4. The topological polar surface area (TPSA) is 77.1 Å². The first-order valence-corrected chi connectivity index (χ1v) is 5.48. The molecule has 1 heterocycles. The molecule has 1 saturated heterocycles. The quantitative estimate of drug-likeness (QED) is 0.229. The molecule has 15 heavy (non-hydrogen) atoms. The molecule has 0 atom stereocenters. The number of unbranched alkanes of at least 4 members (excludes halogenated alkanes) is 1. The van der Waals surface area contributed by atoms with Crippen LogP contribution in [0.2, 0.25) is 0 Å². The summed E-state index contributed by atoms with van der Waals surface area (Å²) < 4.78 is 10.9. The zero-order valence-corrected chi connectivity index (χ0v) is 9.02. The Hall–Kier alpha value is -0.810. The molecule has 0 aromatic heterocycles. The van der Waals surface area contributed by atoms with Crippen molar-refractivity contribution in [1.29, 1.82) is 0 Å². The smallest absolute Gasteiger partial charge is 0.139 e. The minimum absolute atomic E-state index is 0.293. The fourth-order valence-corrected chi connectivity index (χ4v) is 1.55. The van der Waals surface area contributed by atoms with Crippen LogP contribution < -0.4 is 5.73 Å². The Balaban J connectivity index is 1.92. The van der Waals surface area contributed by atoms with Crippen LogP contribution in [0.1, 0.15) is 32.1 Å². The fraction of sp³-hybridized carbons (Fsp3) is 0.900. The Morgan fingerprint density at radius 1 is 1.40 bits per heavy atom. The average molecular weight is 216 g/mol. The molecule has 1 aliphatic heterocycles. The van der Waals surface area contributed by atoms with Gasteiger partial charge in [0.05, 0.1) is 6.10 Å². The van der Waals surface area contributed by atoms with Gasteiger partial charge in [0, 0.05) is 26.2 Å². The summed E-state index contributed by atoms with van der Waals surface area (Å²) in [6.45, 7) is 2.38. The molecule has 3 N–H and O–H groups in total. The summed E-state index contributed by atoms with van der Waals surface area (Å²) in [5, 5.41) is 11.2. The van der Waals surface area contributed by atoms with Gasteiger partial charge in [0.25, 0.3) is 0 Å². The van der Waals surface area contributed by atoms with E-state index >= 15 is 0 Å². The van der Waals surface area contributed by atoms with Crippen LogP contribution in [-0.4, -0.2) is 37.0 Å². The molecule has 0 saturated carbocycles. The Morgan fingerprint density at radius 2 is 2.13 bits per heavy atom. The minimum atomic E-state index is 0.293. The van der Waals surface area contributed by atoms with Gasteiger partial charge in [-0.1, -0.05) is 5.16 Å². The highest BCUT2D eigenvalue weighted by molar-refractivity contribution is 5.79. The van der Waals surface area contributed by atoms with E-state index in [-0.39, 0.29) is 0 Å². The number of rotatable bonds is 6. The van der Waals surface area contributed by atoms with Crippen molar-refractivity contribution in [2.45, 2.75) is 38.2 Å². The van der Waals surface area contributed by atoms with Crippen LogP contribution in [0.15, 0.2) is 5.16 Å². The normalized spacial score (nSPS) is 19.3. The first-order chi connectivity index (χ1) is 7.33. The van der Waals surface area contributed by atoms with E-state index in [2.05, 4.69) is 5.16 Å². The van der Waals surface area contributed by atoms with Crippen molar-refractivity contribution in [2.24, 2.45) is 10.9 Å². The maximum atomic E-state index is 8.31. The molecule has 88 valence electrons. The SMILES string of the molecule is N/C(CCCCOC1CCOCC1)=N/O. The molecule has 1 aliphatic rings. The number of nitrogens with zero attached hydrogens (tertiary/aromatic N) is 1. The third-order valence-corrected chi connectivity index (χ3v) is 2.48. The lowest BCUT2D eigenvalue weighted by Crippen LogP contribution is -2.23. The molecule has 5 heteroatoms. The summed E-state index contributed by atoms with van der Waals surface area (Å²) in [6.07, 6.45) is 4.85. The highest BCUT2D eigenvalue weighted by atomic mass is 16.5. The van der Waals surface area contributed by atoms with Gasteiger partial charge in [0.15, 0.2) is 0 Å². The van der Waals surface area contributed by atoms with E-state index in [0.29, 0.717) is 18.4 Å². The van der Waals surface area contributed by atoms with Crippen LogP contribution in [0, 0.1) is 0 Å². The maximum absolute atomic E-state index is 8.31. The molecule has 1 rings (SSSR count). The van der Waals surface area contributed by atoms with Gasteiger partial charge in [-0.05, 0) is 25.7 Å². The zero-order chi connectivity index (χ0) is 10.9. The lowest BCUT2D eigenvalue weighted by molar-refractivity contribution is -0.0325. The second-order valence-corrected chi connectivity index (χ2v) is 3.73. The Bertz CT molecular complexity index is 191. The van der Waals surface area contributed by atoms with Crippen molar-refractivity contribution in [3.63, 3.8) is 0 Å². The predicted octanol–water partition coefficient (Wildman–Crippen LogP) is 1.10. The Morgan fingerprint density at radius 3 is 2.80 bits per heavy atom. The lowest BCUT2D eigenvalue weighted by Gasteiger charge is -2.22. The van der Waals surface area contributed by atoms with E-state index in [4.69, 9.17) is 20.4 Å². The van der Waals surface area contributed by atoms with Gasteiger partial charge in [-0.2, -0.15) is 0 Å². The second-order valence-electron chi connectivity index (χ2n) is 3.73. The maximum Gasteiger partial charge on any atom is 0.139 e. The van der Waals surface area contributed by atoms with Gasteiger partial charge in [0.2, 0.25) is 0 Å². The zero-order valence-electron chi connectivity index (χ0n) is 9.02. The van der Waals surface area contributed by atoms with Crippen LogP contribution in [0.25, 0.3) is 0 Å². The standard InChI is InChI=1S/C10H20N2O3/c11-10(12-13)3-1-2-6-15-9-4-7-14-8-5-9/h9,13H,1-8H2,(H2,11,12). The molecule has 0 aromatic carbocycles. The Labute approximate surface area is 90.2 Å². The highest BCUT2D eigenvalue weighted by Crippen LogP contribution is 2.11. The van der Waals surface area contributed by atoms with Gasteiger partial charge in [-0.15, -0.1) is 0 Å². The van der Waals surface area contributed by atoms with Crippen molar-refractivity contribution in [3.8, 4) is 0 Å². The number of nitrogens with two attached hydrogens (primary N) is 1. The molecule has 0 radical (unpaired) electrons. The van der Waals surface area contributed by atoms with Crippen LogP contribution in [-0.2, 0) is 9.47 Å². The summed E-state index contributed by atoms with van der Waals surface area (Å²) in [4.78, 5) is 0. The van der Waals surface area contributed by atoms with Crippen LogP contribution in [0.5, 0.6) is 0 Å². The third-order valence-electron chi connectivity index (χ3n) is 2.48. The van der Waals surface area contributed by atoms with Crippen LogP contribution in [0.4, 0.5) is 0 Å². The molecule has 1 fully saturated rings. The first kappa shape index (κ1) is 12.3. The third kappa shape index (κ3) is 5.59. The molecule has 0 bridgehead atoms. The van der Waals surface area contributed by atoms with Crippen LogP contribution >= 0.6 is 0 Å². The molecule has 0 aromatic rings. The molecular weight excluding hydrogens is 196 g/mol.